The molecule has 0 amide bonds. The molecular formula is C14H29NO2. The van der Waals surface area contributed by atoms with E-state index in [0.717, 1.165) is 38.9 Å². The third-order valence-corrected chi connectivity index (χ3v) is 2.86. The first-order valence-electron chi connectivity index (χ1n) is 6.93. The maximum Gasteiger partial charge on any atom is 0.303 e. The first kappa shape index (κ1) is 16.4. The maximum absolute atomic E-state index is 10.9. The highest BCUT2D eigenvalue weighted by molar-refractivity contribution is 5.67. The van der Waals surface area contributed by atoms with Crippen LogP contribution in [0.15, 0.2) is 0 Å². The van der Waals surface area contributed by atoms with Crippen molar-refractivity contribution in [1.29, 1.82) is 0 Å². The van der Waals surface area contributed by atoms with E-state index in [1.54, 1.807) is 0 Å². The molecule has 0 aliphatic rings. The van der Waals surface area contributed by atoms with Crippen molar-refractivity contribution in [3.05, 3.63) is 0 Å². The predicted octanol–water partition coefficient (Wildman–Crippen LogP) is 3.25. The highest BCUT2D eigenvalue weighted by Crippen LogP contribution is 2.17. The van der Waals surface area contributed by atoms with Gasteiger partial charge in [-0.05, 0) is 44.2 Å². The fourth-order valence-electron chi connectivity index (χ4n) is 2.43. The van der Waals surface area contributed by atoms with E-state index >= 15 is 0 Å². The smallest absolute Gasteiger partial charge is 0.303 e. The van der Waals surface area contributed by atoms with Crippen LogP contribution in [0, 0.1) is 11.8 Å². The van der Waals surface area contributed by atoms with Crippen molar-refractivity contribution in [1.82, 2.24) is 4.90 Å². The van der Waals surface area contributed by atoms with Gasteiger partial charge >= 0.3 is 5.97 Å². The first-order chi connectivity index (χ1) is 7.99. The highest BCUT2D eigenvalue weighted by Gasteiger charge is 2.17. The zero-order chi connectivity index (χ0) is 13.3. The second-order valence-electron chi connectivity index (χ2n) is 5.39. The molecule has 0 fully saturated rings. The number of rotatable bonds is 10. The summed E-state index contributed by atoms with van der Waals surface area (Å²) in [7, 11) is 0. The van der Waals surface area contributed by atoms with Gasteiger partial charge in [0.05, 0.1) is 0 Å². The minimum atomic E-state index is -0.663. The second-order valence-corrected chi connectivity index (χ2v) is 5.39. The normalized spacial score (nSPS) is 13.3. The molecule has 17 heavy (non-hydrogen) atoms. The van der Waals surface area contributed by atoms with Crippen LogP contribution in [-0.4, -0.2) is 35.6 Å². The Morgan fingerprint density at radius 3 is 2.06 bits per heavy atom. The van der Waals surface area contributed by atoms with Gasteiger partial charge in [0.25, 0.3) is 0 Å². The van der Waals surface area contributed by atoms with Crippen molar-refractivity contribution >= 4 is 5.97 Å². The number of nitrogens with zero attached hydrogens (tertiary/aromatic N) is 1. The number of hydrogen-bond acceptors (Lipinski definition) is 2. The molecule has 0 aromatic rings. The number of carbonyl (C=O) groups is 1. The number of aliphatic carboxylic acids is 1. The summed E-state index contributed by atoms with van der Waals surface area (Å²) in [6.45, 7) is 11.8. The van der Waals surface area contributed by atoms with E-state index in [1.165, 1.54) is 0 Å². The van der Waals surface area contributed by atoms with Crippen molar-refractivity contribution in [2.45, 2.75) is 53.4 Å². The van der Waals surface area contributed by atoms with E-state index in [9.17, 15) is 4.79 Å². The molecule has 3 nitrogen and oxygen atoms in total. The Morgan fingerprint density at radius 1 is 1.18 bits per heavy atom. The van der Waals surface area contributed by atoms with Crippen LogP contribution < -0.4 is 0 Å². The SMILES string of the molecule is CCCN(CCC)CC(CC(=O)O)CC(C)C. The van der Waals surface area contributed by atoms with Crippen molar-refractivity contribution in [2.75, 3.05) is 19.6 Å². The van der Waals surface area contributed by atoms with Crippen LogP contribution >= 0.6 is 0 Å². The van der Waals surface area contributed by atoms with Gasteiger partial charge in [-0.2, -0.15) is 0 Å². The lowest BCUT2D eigenvalue weighted by Gasteiger charge is -2.27. The van der Waals surface area contributed by atoms with Gasteiger partial charge in [-0.1, -0.05) is 27.7 Å². The molecule has 0 bridgehead atoms. The highest BCUT2D eigenvalue weighted by atomic mass is 16.4. The predicted molar refractivity (Wildman–Crippen MR) is 72.2 cm³/mol. The van der Waals surface area contributed by atoms with Crippen LogP contribution in [0.5, 0.6) is 0 Å². The van der Waals surface area contributed by atoms with Crippen LogP contribution in [0.2, 0.25) is 0 Å². The molecule has 0 rings (SSSR count). The summed E-state index contributed by atoms with van der Waals surface area (Å²) in [5.74, 6) is 0.207. The fourth-order valence-corrected chi connectivity index (χ4v) is 2.43. The average molecular weight is 243 g/mol. The van der Waals surface area contributed by atoms with Gasteiger partial charge in [0, 0.05) is 13.0 Å². The molecule has 0 aromatic heterocycles. The molecule has 0 saturated carbocycles. The van der Waals surface area contributed by atoms with E-state index in [0.29, 0.717) is 18.3 Å². The lowest BCUT2D eigenvalue weighted by molar-refractivity contribution is -0.138. The van der Waals surface area contributed by atoms with E-state index in [1.807, 2.05) is 0 Å². The van der Waals surface area contributed by atoms with Crippen LogP contribution in [0.3, 0.4) is 0 Å². The van der Waals surface area contributed by atoms with E-state index in [-0.39, 0.29) is 0 Å². The van der Waals surface area contributed by atoms with E-state index < -0.39 is 5.97 Å². The van der Waals surface area contributed by atoms with Gasteiger partial charge in [0.1, 0.15) is 0 Å². The van der Waals surface area contributed by atoms with Crippen molar-refractivity contribution in [3.8, 4) is 0 Å². The largest absolute Gasteiger partial charge is 0.481 e. The third kappa shape index (κ3) is 9.16. The molecule has 0 saturated heterocycles. The average Bonchev–Trinajstić information content (AvgIpc) is 2.15. The Kier molecular flexibility index (Phi) is 9.14. The maximum atomic E-state index is 10.9. The summed E-state index contributed by atoms with van der Waals surface area (Å²) in [5.41, 5.74) is 0. The zero-order valence-corrected chi connectivity index (χ0v) is 11.9. The molecule has 0 heterocycles. The van der Waals surface area contributed by atoms with Crippen molar-refractivity contribution in [2.24, 2.45) is 11.8 Å². The zero-order valence-electron chi connectivity index (χ0n) is 11.9. The molecule has 102 valence electrons. The van der Waals surface area contributed by atoms with Crippen LogP contribution in [0.25, 0.3) is 0 Å². The van der Waals surface area contributed by atoms with Gasteiger partial charge in [-0.25, -0.2) is 0 Å². The molecule has 1 N–H and O–H groups in total. The minimum Gasteiger partial charge on any atom is -0.481 e. The van der Waals surface area contributed by atoms with Gasteiger partial charge in [-0.15, -0.1) is 0 Å². The van der Waals surface area contributed by atoms with Gasteiger partial charge in [0.15, 0.2) is 0 Å². The molecule has 0 spiro atoms. The Bertz CT molecular complexity index is 198. The quantitative estimate of drug-likeness (QED) is 0.640. The molecule has 0 radical (unpaired) electrons. The number of hydrogen-bond donors (Lipinski definition) is 1. The van der Waals surface area contributed by atoms with Crippen LogP contribution in [0.1, 0.15) is 53.4 Å². The Hall–Kier alpha value is -0.570. The monoisotopic (exact) mass is 243 g/mol. The summed E-state index contributed by atoms with van der Waals surface area (Å²) >= 11 is 0. The van der Waals surface area contributed by atoms with Crippen molar-refractivity contribution < 1.29 is 9.90 Å². The fraction of sp³-hybridized carbons (Fsp3) is 0.929. The number of carboxylic acids is 1. The second kappa shape index (κ2) is 9.46. The van der Waals surface area contributed by atoms with Gasteiger partial charge < -0.3 is 10.0 Å². The Balaban J connectivity index is 4.29. The Morgan fingerprint density at radius 2 is 1.71 bits per heavy atom. The third-order valence-electron chi connectivity index (χ3n) is 2.86. The van der Waals surface area contributed by atoms with E-state index in [4.69, 9.17) is 5.11 Å². The summed E-state index contributed by atoms with van der Waals surface area (Å²) in [6, 6.07) is 0. The molecule has 0 aliphatic heterocycles. The summed E-state index contributed by atoms with van der Waals surface area (Å²) < 4.78 is 0. The standard InChI is InChI=1S/C14H29NO2/c1-5-7-15(8-6-2)11-13(9-12(3)4)10-14(16)17/h12-13H,5-11H2,1-4H3,(H,16,17). The molecular weight excluding hydrogens is 214 g/mol. The summed E-state index contributed by atoms with van der Waals surface area (Å²) in [5, 5.41) is 8.95. The molecule has 1 unspecified atom stereocenters. The van der Waals surface area contributed by atoms with Gasteiger partial charge in [-0.3, -0.25) is 4.79 Å². The molecule has 0 aromatic carbocycles. The molecule has 1 atom stereocenters. The lowest BCUT2D eigenvalue weighted by Crippen LogP contribution is -2.32. The lowest BCUT2D eigenvalue weighted by atomic mass is 9.93. The van der Waals surface area contributed by atoms with Crippen LogP contribution in [-0.2, 0) is 4.79 Å². The Labute approximate surface area is 106 Å². The summed E-state index contributed by atoms with van der Waals surface area (Å²) in [6.07, 6.45) is 3.60. The van der Waals surface area contributed by atoms with Crippen molar-refractivity contribution in [3.63, 3.8) is 0 Å². The number of carboxylic acid groups (broad SMARTS) is 1. The molecule has 0 aliphatic carbocycles. The summed E-state index contributed by atoms with van der Waals surface area (Å²) in [4.78, 5) is 13.3. The minimum absolute atomic E-state index is 0.297. The topological polar surface area (TPSA) is 40.5 Å². The first-order valence-corrected chi connectivity index (χ1v) is 6.93. The molecule has 3 heteroatoms. The van der Waals surface area contributed by atoms with Gasteiger partial charge in [0.2, 0.25) is 0 Å². The van der Waals surface area contributed by atoms with Crippen LogP contribution in [0.4, 0.5) is 0 Å². The van der Waals surface area contributed by atoms with E-state index in [2.05, 4.69) is 32.6 Å².